The van der Waals surface area contributed by atoms with Crippen molar-refractivity contribution in [3.63, 3.8) is 0 Å². The summed E-state index contributed by atoms with van der Waals surface area (Å²) >= 11 is 1.57. The molecule has 4 rings (SSSR count). The van der Waals surface area contributed by atoms with Crippen molar-refractivity contribution in [1.29, 1.82) is 0 Å². The maximum absolute atomic E-state index is 13.2. The largest absolute Gasteiger partial charge is 0.495 e. The molecule has 2 N–H and O–H groups in total. The van der Waals surface area contributed by atoms with Crippen LogP contribution in [0.1, 0.15) is 22.2 Å². The van der Waals surface area contributed by atoms with Crippen LogP contribution in [0, 0.1) is 0 Å². The molecule has 33 heavy (non-hydrogen) atoms. The zero-order valence-electron chi connectivity index (χ0n) is 18.3. The number of amides is 2. The fourth-order valence-corrected chi connectivity index (χ4v) is 4.05. The fourth-order valence-electron chi connectivity index (χ4n) is 3.41. The molecule has 0 radical (unpaired) electrons. The molecule has 7 heteroatoms. The monoisotopic (exact) mass is 460 g/mol. The van der Waals surface area contributed by atoms with Crippen LogP contribution in [0.25, 0.3) is 10.8 Å². The van der Waals surface area contributed by atoms with Gasteiger partial charge >= 0.3 is 0 Å². The van der Waals surface area contributed by atoms with Crippen LogP contribution in [0.5, 0.6) is 11.5 Å². The molecule has 168 valence electrons. The van der Waals surface area contributed by atoms with Crippen molar-refractivity contribution in [2.24, 2.45) is 0 Å². The lowest BCUT2D eigenvalue weighted by Crippen LogP contribution is -2.36. The summed E-state index contributed by atoms with van der Waals surface area (Å²) in [6, 6.07) is 22.3. The van der Waals surface area contributed by atoms with Crippen LogP contribution >= 0.6 is 11.3 Å². The summed E-state index contributed by atoms with van der Waals surface area (Å²) in [5.41, 5.74) is 0.878. The first-order valence-corrected chi connectivity index (χ1v) is 11.4. The summed E-state index contributed by atoms with van der Waals surface area (Å²) < 4.78 is 11.3. The number of para-hydroxylation sites is 2. The number of thiophene rings is 1. The van der Waals surface area contributed by atoms with Crippen molar-refractivity contribution < 1.29 is 19.1 Å². The Balaban J connectivity index is 1.59. The molecule has 2 amide bonds. The number of methoxy groups -OCH3 is 1. The molecular weight excluding hydrogens is 436 g/mol. The second kappa shape index (κ2) is 10.2. The van der Waals surface area contributed by atoms with Crippen molar-refractivity contribution in [2.75, 3.05) is 12.4 Å². The average Bonchev–Trinajstić information content (AvgIpc) is 3.36. The van der Waals surface area contributed by atoms with Crippen LogP contribution in [0.2, 0.25) is 0 Å². The zero-order valence-corrected chi connectivity index (χ0v) is 19.1. The van der Waals surface area contributed by atoms with E-state index < -0.39 is 6.10 Å². The fraction of sp³-hybridized carbons (Fsp3) is 0.154. The summed E-state index contributed by atoms with van der Waals surface area (Å²) in [6.45, 7) is 2.10. The van der Waals surface area contributed by atoms with E-state index in [9.17, 15) is 9.59 Å². The van der Waals surface area contributed by atoms with Crippen LogP contribution < -0.4 is 20.1 Å². The first kappa shape index (κ1) is 22.4. The van der Waals surface area contributed by atoms with E-state index in [-0.39, 0.29) is 11.8 Å². The van der Waals surface area contributed by atoms with Crippen molar-refractivity contribution in [2.45, 2.75) is 19.6 Å². The van der Waals surface area contributed by atoms with Crippen molar-refractivity contribution in [1.82, 2.24) is 5.32 Å². The average molecular weight is 461 g/mol. The first-order chi connectivity index (χ1) is 16.0. The van der Waals surface area contributed by atoms with E-state index in [1.54, 1.807) is 49.6 Å². The summed E-state index contributed by atoms with van der Waals surface area (Å²) in [7, 11) is 1.55. The molecular formula is C26H24N2O4S. The lowest BCUT2D eigenvalue weighted by Gasteiger charge is -2.18. The number of hydrogen-bond acceptors (Lipinski definition) is 5. The summed E-state index contributed by atoms with van der Waals surface area (Å²) in [4.78, 5) is 26.9. The Morgan fingerprint density at radius 2 is 1.67 bits per heavy atom. The van der Waals surface area contributed by atoms with Gasteiger partial charge in [-0.15, -0.1) is 11.3 Å². The van der Waals surface area contributed by atoms with Gasteiger partial charge in [-0.25, -0.2) is 0 Å². The predicted molar refractivity (Wildman–Crippen MR) is 131 cm³/mol. The molecule has 3 aromatic carbocycles. The quantitative estimate of drug-likeness (QED) is 0.377. The van der Waals surface area contributed by atoms with Crippen LogP contribution in [0.15, 0.2) is 78.2 Å². The molecule has 0 spiro atoms. The second-order valence-corrected chi connectivity index (χ2v) is 8.44. The van der Waals surface area contributed by atoms with Gasteiger partial charge < -0.3 is 20.1 Å². The van der Waals surface area contributed by atoms with E-state index in [1.165, 1.54) is 0 Å². The van der Waals surface area contributed by atoms with E-state index in [4.69, 9.17) is 9.47 Å². The number of anilines is 1. The van der Waals surface area contributed by atoms with Gasteiger partial charge in [0.2, 0.25) is 0 Å². The maximum Gasteiger partial charge on any atom is 0.261 e. The molecule has 1 atom stereocenters. The standard InChI is InChI=1S/C26H24N2O4S/c1-17(25(29)27-16-20-10-7-13-33-20)32-24-15-19-9-4-3-8-18(19)14-21(24)26(30)28-22-11-5-6-12-23(22)31-2/h3-15,17H,16H2,1-2H3,(H,27,29)(H,28,30)/t17-/m1/s1. The van der Waals surface area contributed by atoms with E-state index >= 15 is 0 Å². The lowest BCUT2D eigenvalue weighted by atomic mass is 10.0. The third-order valence-corrected chi connectivity index (χ3v) is 6.01. The SMILES string of the molecule is COc1ccccc1NC(=O)c1cc2ccccc2cc1O[C@H](C)C(=O)NCc1cccs1. The predicted octanol–water partition coefficient (Wildman–Crippen LogP) is 5.25. The summed E-state index contributed by atoms with van der Waals surface area (Å²) in [5.74, 6) is 0.273. The lowest BCUT2D eigenvalue weighted by molar-refractivity contribution is -0.127. The van der Waals surface area contributed by atoms with Crippen molar-refractivity contribution >= 4 is 39.6 Å². The molecule has 0 fully saturated rings. The number of nitrogens with one attached hydrogen (secondary N) is 2. The maximum atomic E-state index is 13.2. The van der Waals surface area contributed by atoms with Gasteiger partial charge in [-0.2, -0.15) is 0 Å². The zero-order chi connectivity index (χ0) is 23.2. The van der Waals surface area contributed by atoms with E-state index in [2.05, 4.69) is 10.6 Å². The van der Waals surface area contributed by atoms with Gasteiger partial charge in [0.25, 0.3) is 11.8 Å². The van der Waals surface area contributed by atoms with Gasteiger partial charge in [0.05, 0.1) is 24.9 Å². The Morgan fingerprint density at radius 3 is 2.39 bits per heavy atom. The van der Waals surface area contributed by atoms with Crippen LogP contribution in [-0.2, 0) is 11.3 Å². The number of ether oxygens (including phenoxy) is 2. The number of carbonyl (C=O) groups excluding carboxylic acids is 2. The number of hydrogen-bond donors (Lipinski definition) is 2. The van der Waals surface area contributed by atoms with Crippen LogP contribution in [-0.4, -0.2) is 25.0 Å². The van der Waals surface area contributed by atoms with Crippen molar-refractivity contribution in [3.8, 4) is 11.5 Å². The number of benzene rings is 3. The molecule has 4 aromatic rings. The summed E-state index contributed by atoms with van der Waals surface area (Å²) in [5, 5.41) is 9.53. The normalized spacial score (nSPS) is 11.6. The Bertz CT molecular complexity index is 1270. The molecule has 0 aliphatic heterocycles. The molecule has 0 saturated heterocycles. The molecule has 6 nitrogen and oxygen atoms in total. The Kier molecular flexibility index (Phi) is 6.90. The molecule has 0 bridgehead atoms. The van der Waals surface area contributed by atoms with E-state index in [0.717, 1.165) is 15.6 Å². The van der Waals surface area contributed by atoms with Gasteiger partial charge in [0.1, 0.15) is 11.5 Å². The van der Waals surface area contributed by atoms with E-state index in [0.29, 0.717) is 29.3 Å². The van der Waals surface area contributed by atoms with E-state index in [1.807, 2.05) is 53.9 Å². The minimum atomic E-state index is -0.788. The minimum absolute atomic E-state index is 0.257. The second-order valence-electron chi connectivity index (χ2n) is 7.41. The van der Waals surface area contributed by atoms with Gasteiger partial charge in [0.15, 0.2) is 6.10 Å². The Hall–Kier alpha value is -3.84. The number of fused-ring (bicyclic) bond motifs is 1. The molecule has 0 unspecified atom stereocenters. The van der Waals surface area contributed by atoms with Crippen molar-refractivity contribution in [3.05, 3.63) is 88.6 Å². The van der Waals surface area contributed by atoms with Gasteiger partial charge in [-0.05, 0) is 53.4 Å². The number of carbonyl (C=O) groups is 2. The smallest absolute Gasteiger partial charge is 0.261 e. The highest BCUT2D eigenvalue weighted by atomic mass is 32.1. The third-order valence-electron chi connectivity index (χ3n) is 5.14. The third kappa shape index (κ3) is 5.32. The van der Waals surface area contributed by atoms with Gasteiger partial charge in [-0.3, -0.25) is 9.59 Å². The van der Waals surface area contributed by atoms with Gasteiger partial charge in [-0.1, -0.05) is 42.5 Å². The molecule has 0 aliphatic rings. The highest BCUT2D eigenvalue weighted by Gasteiger charge is 2.21. The van der Waals surface area contributed by atoms with Crippen LogP contribution in [0.4, 0.5) is 5.69 Å². The highest BCUT2D eigenvalue weighted by molar-refractivity contribution is 7.09. The molecule has 0 saturated carbocycles. The molecule has 1 aromatic heterocycles. The van der Waals surface area contributed by atoms with Gasteiger partial charge in [0, 0.05) is 4.88 Å². The first-order valence-electron chi connectivity index (χ1n) is 10.5. The highest BCUT2D eigenvalue weighted by Crippen LogP contribution is 2.30. The summed E-state index contributed by atoms with van der Waals surface area (Å²) in [6.07, 6.45) is -0.788. The minimum Gasteiger partial charge on any atom is -0.495 e. The Labute approximate surface area is 196 Å². The molecule has 0 aliphatic carbocycles. The Morgan fingerprint density at radius 1 is 0.939 bits per heavy atom. The molecule has 1 heterocycles. The topological polar surface area (TPSA) is 76.7 Å². The van der Waals surface area contributed by atoms with Crippen LogP contribution in [0.3, 0.4) is 0 Å². The number of rotatable bonds is 8.